The van der Waals surface area contributed by atoms with E-state index in [-0.39, 0.29) is 0 Å². The first-order valence-electron chi connectivity index (χ1n) is 4.38. The van der Waals surface area contributed by atoms with Crippen LogP contribution in [-0.2, 0) is 7.05 Å². The Morgan fingerprint density at radius 2 is 2.36 bits per heavy atom. The molecule has 0 saturated heterocycles. The molecule has 0 aromatic carbocycles. The first-order chi connectivity index (χ1) is 6.70. The van der Waals surface area contributed by atoms with Gasteiger partial charge in [0.1, 0.15) is 11.9 Å². The standard InChI is InChI=1S/C10H12N2O2/c1-7-11-5-9(12(7)2)10(13)8-3-4-14-6-8/h3-6,10,13H,1-2H3. The molecule has 2 aromatic heterocycles. The van der Waals surface area contributed by atoms with Gasteiger partial charge in [-0.1, -0.05) is 0 Å². The molecule has 1 unspecified atom stereocenters. The Hall–Kier alpha value is -1.55. The van der Waals surface area contributed by atoms with Crippen LogP contribution in [0.5, 0.6) is 0 Å². The monoisotopic (exact) mass is 192 g/mol. The lowest BCUT2D eigenvalue weighted by molar-refractivity contribution is 0.210. The molecule has 0 spiro atoms. The van der Waals surface area contributed by atoms with Crippen LogP contribution in [0.4, 0.5) is 0 Å². The maximum atomic E-state index is 9.95. The van der Waals surface area contributed by atoms with E-state index < -0.39 is 6.10 Å². The summed E-state index contributed by atoms with van der Waals surface area (Å²) in [4.78, 5) is 4.12. The van der Waals surface area contributed by atoms with Crippen molar-refractivity contribution in [2.75, 3.05) is 0 Å². The van der Waals surface area contributed by atoms with Gasteiger partial charge in [-0.2, -0.15) is 0 Å². The molecule has 14 heavy (non-hydrogen) atoms. The van der Waals surface area contributed by atoms with Crippen LogP contribution in [0.2, 0.25) is 0 Å². The van der Waals surface area contributed by atoms with E-state index in [2.05, 4.69) is 4.98 Å². The van der Waals surface area contributed by atoms with E-state index in [9.17, 15) is 5.11 Å². The second kappa shape index (κ2) is 3.31. The van der Waals surface area contributed by atoms with Gasteiger partial charge in [-0.3, -0.25) is 0 Å². The van der Waals surface area contributed by atoms with Crippen molar-refractivity contribution in [1.29, 1.82) is 0 Å². The third-order valence-electron chi connectivity index (χ3n) is 2.40. The smallest absolute Gasteiger partial charge is 0.124 e. The molecule has 0 bridgehead atoms. The molecule has 2 heterocycles. The molecule has 0 radical (unpaired) electrons. The summed E-state index contributed by atoms with van der Waals surface area (Å²) >= 11 is 0. The third-order valence-corrected chi connectivity index (χ3v) is 2.40. The summed E-state index contributed by atoms with van der Waals surface area (Å²) in [7, 11) is 1.88. The first-order valence-corrected chi connectivity index (χ1v) is 4.38. The second-order valence-electron chi connectivity index (χ2n) is 3.25. The molecule has 0 amide bonds. The van der Waals surface area contributed by atoms with Gasteiger partial charge in [0.05, 0.1) is 24.4 Å². The predicted molar refractivity (Wildman–Crippen MR) is 50.7 cm³/mol. The molecule has 4 nitrogen and oxygen atoms in total. The van der Waals surface area contributed by atoms with Gasteiger partial charge >= 0.3 is 0 Å². The molecule has 0 saturated carbocycles. The van der Waals surface area contributed by atoms with Crippen molar-refractivity contribution >= 4 is 0 Å². The zero-order valence-electron chi connectivity index (χ0n) is 8.14. The molecule has 1 N–H and O–H groups in total. The molecule has 4 heteroatoms. The van der Waals surface area contributed by atoms with Gasteiger partial charge in [-0.15, -0.1) is 0 Å². The van der Waals surface area contributed by atoms with Crippen LogP contribution in [0.25, 0.3) is 0 Å². The largest absolute Gasteiger partial charge is 0.472 e. The summed E-state index contributed by atoms with van der Waals surface area (Å²) in [6, 6.07) is 1.74. The van der Waals surface area contributed by atoms with Crippen molar-refractivity contribution in [3.05, 3.63) is 41.9 Å². The lowest BCUT2D eigenvalue weighted by Gasteiger charge is -2.09. The maximum absolute atomic E-state index is 9.95. The molecular weight excluding hydrogens is 180 g/mol. The highest BCUT2D eigenvalue weighted by Crippen LogP contribution is 2.21. The van der Waals surface area contributed by atoms with Crippen LogP contribution in [0.15, 0.2) is 29.2 Å². The number of furan rings is 1. The predicted octanol–water partition coefficient (Wildman–Crippen LogP) is 1.40. The van der Waals surface area contributed by atoms with Gasteiger partial charge in [-0.05, 0) is 13.0 Å². The Kier molecular flexibility index (Phi) is 2.13. The normalized spacial score (nSPS) is 13.1. The van der Waals surface area contributed by atoms with Gasteiger partial charge in [0.15, 0.2) is 0 Å². The first kappa shape index (κ1) is 9.02. The maximum Gasteiger partial charge on any atom is 0.124 e. The minimum absolute atomic E-state index is 0.667. The number of aromatic nitrogens is 2. The van der Waals surface area contributed by atoms with E-state index in [1.807, 2.05) is 18.5 Å². The van der Waals surface area contributed by atoms with Crippen LogP contribution in [-0.4, -0.2) is 14.7 Å². The fourth-order valence-electron chi connectivity index (χ4n) is 1.37. The molecule has 0 fully saturated rings. The molecule has 0 aliphatic carbocycles. The van der Waals surface area contributed by atoms with Crippen LogP contribution in [0.3, 0.4) is 0 Å². The number of imidazole rings is 1. The van der Waals surface area contributed by atoms with Gasteiger partial charge < -0.3 is 14.1 Å². The summed E-state index contributed by atoms with van der Waals surface area (Å²) in [5.74, 6) is 0.877. The Bertz CT molecular complexity index is 417. The van der Waals surface area contributed by atoms with Crippen molar-refractivity contribution in [3.8, 4) is 0 Å². The van der Waals surface area contributed by atoms with Gasteiger partial charge in [0.2, 0.25) is 0 Å². The highest BCUT2D eigenvalue weighted by molar-refractivity contribution is 5.21. The zero-order chi connectivity index (χ0) is 10.1. The minimum atomic E-state index is -0.667. The lowest BCUT2D eigenvalue weighted by Crippen LogP contribution is -2.05. The van der Waals surface area contributed by atoms with Crippen molar-refractivity contribution in [2.45, 2.75) is 13.0 Å². The van der Waals surface area contributed by atoms with Crippen molar-refractivity contribution in [1.82, 2.24) is 9.55 Å². The quantitative estimate of drug-likeness (QED) is 0.782. The summed E-state index contributed by atoms with van der Waals surface area (Å²) in [6.07, 6.45) is 4.09. The average molecular weight is 192 g/mol. The number of aliphatic hydroxyl groups excluding tert-OH is 1. The molecule has 0 aliphatic rings. The number of aryl methyl sites for hydroxylation is 1. The Morgan fingerprint density at radius 1 is 1.57 bits per heavy atom. The Balaban J connectivity index is 2.36. The molecule has 74 valence electrons. The minimum Gasteiger partial charge on any atom is -0.472 e. The number of hydrogen-bond donors (Lipinski definition) is 1. The summed E-state index contributed by atoms with van der Waals surface area (Å²) in [5.41, 5.74) is 1.51. The highest BCUT2D eigenvalue weighted by atomic mass is 16.3. The van der Waals surface area contributed by atoms with E-state index in [1.54, 1.807) is 18.5 Å². The fourth-order valence-corrected chi connectivity index (χ4v) is 1.37. The van der Waals surface area contributed by atoms with Crippen molar-refractivity contribution in [3.63, 3.8) is 0 Å². The van der Waals surface area contributed by atoms with Crippen LogP contribution < -0.4 is 0 Å². The second-order valence-corrected chi connectivity index (χ2v) is 3.25. The van der Waals surface area contributed by atoms with E-state index in [0.29, 0.717) is 0 Å². The van der Waals surface area contributed by atoms with Crippen LogP contribution in [0.1, 0.15) is 23.2 Å². The Labute approximate surface area is 81.8 Å². The number of hydrogen-bond acceptors (Lipinski definition) is 3. The average Bonchev–Trinajstić information content (AvgIpc) is 2.77. The van der Waals surface area contributed by atoms with E-state index in [1.165, 1.54) is 6.26 Å². The number of aliphatic hydroxyl groups is 1. The topological polar surface area (TPSA) is 51.2 Å². The Morgan fingerprint density at radius 3 is 2.86 bits per heavy atom. The van der Waals surface area contributed by atoms with E-state index >= 15 is 0 Å². The molecule has 2 rings (SSSR count). The highest BCUT2D eigenvalue weighted by Gasteiger charge is 2.15. The summed E-state index contributed by atoms with van der Waals surface area (Å²) in [6.45, 7) is 1.89. The van der Waals surface area contributed by atoms with E-state index in [0.717, 1.165) is 17.1 Å². The van der Waals surface area contributed by atoms with Crippen molar-refractivity contribution in [2.24, 2.45) is 7.05 Å². The SMILES string of the molecule is Cc1ncc(C(O)c2ccoc2)n1C. The fraction of sp³-hybridized carbons (Fsp3) is 0.300. The molecule has 1 atom stereocenters. The summed E-state index contributed by atoms with van der Waals surface area (Å²) < 4.78 is 6.77. The third kappa shape index (κ3) is 1.33. The molecule has 0 aliphatic heterocycles. The van der Waals surface area contributed by atoms with E-state index in [4.69, 9.17) is 4.42 Å². The zero-order valence-corrected chi connectivity index (χ0v) is 8.14. The van der Waals surface area contributed by atoms with Gasteiger partial charge in [-0.25, -0.2) is 4.98 Å². The molecule has 2 aromatic rings. The molecular formula is C10H12N2O2. The summed E-state index contributed by atoms with van der Waals surface area (Å²) in [5, 5.41) is 9.95. The van der Waals surface area contributed by atoms with Gasteiger partial charge in [0, 0.05) is 12.6 Å². The van der Waals surface area contributed by atoms with Crippen LogP contribution in [0, 0.1) is 6.92 Å². The number of nitrogens with zero attached hydrogens (tertiary/aromatic N) is 2. The number of rotatable bonds is 2. The van der Waals surface area contributed by atoms with Crippen molar-refractivity contribution < 1.29 is 9.52 Å². The van der Waals surface area contributed by atoms with Gasteiger partial charge in [0.25, 0.3) is 0 Å². The lowest BCUT2D eigenvalue weighted by atomic mass is 10.1. The van der Waals surface area contributed by atoms with Crippen LogP contribution >= 0.6 is 0 Å².